The molecule has 1 atom stereocenters. The van der Waals surface area contributed by atoms with Gasteiger partial charge in [0.2, 0.25) is 5.91 Å². The van der Waals surface area contributed by atoms with Crippen LogP contribution in [-0.4, -0.2) is 28.4 Å². The van der Waals surface area contributed by atoms with Gasteiger partial charge in [0, 0.05) is 12.8 Å². The summed E-state index contributed by atoms with van der Waals surface area (Å²) in [7, 11) is 0. The number of benzene rings is 1. The Bertz CT molecular complexity index is 700. The summed E-state index contributed by atoms with van der Waals surface area (Å²) in [5.74, 6) is 0.0802. The molecule has 126 valence electrons. The fraction of sp³-hybridized carbons (Fsp3) is 0.474. The number of amides is 1. The average Bonchev–Trinajstić information content (AvgIpc) is 3.20. The maximum atomic E-state index is 12.9. The van der Waals surface area contributed by atoms with Crippen LogP contribution < -0.4 is 5.32 Å². The zero-order valence-corrected chi connectivity index (χ0v) is 13.8. The van der Waals surface area contributed by atoms with E-state index in [1.807, 2.05) is 29.1 Å². The molecule has 1 aliphatic carbocycles. The Morgan fingerprint density at radius 2 is 2.12 bits per heavy atom. The second-order valence-corrected chi connectivity index (χ2v) is 6.84. The Morgan fingerprint density at radius 1 is 1.29 bits per heavy atom. The van der Waals surface area contributed by atoms with Crippen LogP contribution in [0, 0.1) is 0 Å². The first-order valence-electron chi connectivity index (χ1n) is 8.77. The summed E-state index contributed by atoms with van der Waals surface area (Å²) in [4.78, 5) is 12.9. The van der Waals surface area contributed by atoms with E-state index in [0.29, 0.717) is 0 Å². The molecule has 2 heterocycles. The summed E-state index contributed by atoms with van der Waals surface area (Å²) in [6.45, 7) is 1.59. The monoisotopic (exact) mass is 325 g/mol. The van der Waals surface area contributed by atoms with Crippen molar-refractivity contribution in [3.05, 3.63) is 48.3 Å². The number of nitrogens with zero attached hydrogens (tertiary/aromatic N) is 2. The van der Waals surface area contributed by atoms with Gasteiger partial charge in [-0.2, -0.15) is 5.10 Å². The Labute approximate surface area is 142 Å². The summed E-state index contributed by atoms with van der Waals surface area (Å²) in [6.07, 6.45) is 8.99. The van der Waals surface area contributed by atoms with E-state index in [2.05, 4.69) is 22.5 Å². The third kappa shape index (κ3) is 2.84. The fourth-order valence-electron chi connectivity index (χ4n) is 3.71. The number of ether oxygens (including phenoxy) is 1. The first-order valence-corrected chi connectivity index (χ1v) is 8.77. The van der Waals surface area contributed by atoms with Crippen molar-refractivity contribution in [1.29, 1.82) is 0 Å². The lowest BCUT2D eigenvalue weighted by Gasteiger charge is -2.40. The van der Waals surface area contributed by atoms with Gasteiger partial charge in [-0.3, -0.25) is 9.48 Å². The third-order valence-electron chi connectivity index (χ3n) is 5.27. The number of nitrogens with one attached hydrogen (secondary N) is 1. The van der Waals surface area contributed by atoms with E-state index < -0.39 is 0 Å². The minimum Gasteiger partial charge on any atom is -0.376 e. The molecule has 5 heteroatoms. The van der Waals surface area contributed by atoms with Crippen molar-refractivity contribution in [2.45, 2.75) is 50.2 Å². The standard InChI is InChI=1S/C19H23N3O2/c23-18(19(9-5-10-19)15-6-2-1-3-7-15)21-16-12-20-22(13-16)14-17-8-4-11-24-17/h1-3,6-7,12-13,17H,4-5,8-11,14H2,(H,21,23). The Morgan fingerprint density at radius 3 is 2.79 bits per heavy atom. The molecule has 1 aromatic heterocycles. The normalized spacial score (nSPS) is 22.1. The second kappa shape index (κ2) is 6.40. The average molecular weight is 325 g/mol. The van der Waals surface area contributed by atoms with Gasteiger partial charge in [0.15, 0.2) is 0 Å². The Balaban J connectivity index is 1.45. The molecule has 2 aromatic rings. The molecule has 2 aliphatic rings. The van der Waals surface area contributed by atoms with Crippen LogP contribution in [0.25, 0.3) is 0 Å². The maximum Gasteiger partial charge on any atom is 0.235 e. The van der Waals surface area contributed by atoms with Gasteiger partial charge in [0.1, 0.15) is 0 Å². The zero-order chi connectivity index (χ0) is 16.4. The molecule has 1 N–H and O–H groups in total. The van der Waals surface area contributed by atoms with Gasteiger partial charge in [-0.1, -0.05) is 36.8 Å². The van der Waals surface area contributed by atoms with Crippen LogP contribution >= 0.6 is 0 Å². The summed E-state index contributed by atoms with van der Waals surface area (Å²) < 4.78 is 7.50. The highest BCUT2D eigenvalue weighted by Crippen LogP contribution is 2.44. The highest BCUT2D eigenvalue weighted by molar-refractivity contribution is 5.99. The molecule has 0 radical (unpaired) electrons. The van der Waals surface area contributed by atoms with Crippen molar-refractivity contribution in [3.63, 3.8) is 0 Å². The highest BCUT2D eigenvalue weighted by Gasteiger charge is 2.45. The molecule has 1 saturated heterocycles. The number of rotatable bonds is 5. The SMILES string of the molecule is O=C(Nc1cnn(CC2CCCO2)c1)C1(c2ccccc2)CCC1. The Kier molecular flexibility index (Phi) is 4.10. The van der Waals surface area contributed by atoms with Crippen molar-refractivity contribution in [3.8, 4) is 0 Å². The lowest BCUT2D eigenvalue weighted by molar-refractivity contribution is -0.124. The molecule has 1 aliphatic heterocycles. The number of aromatic nitrogens is 2. The number of carbonyl (C=O) groups excluding carboxylic acids is 1. The number of anilines is 1. The molecule has 4 rings (SSSR count). The van der Waals surface area contributed by atoms with Crippen molar-refractivity contribution < 1.29 is 9.53 Å². The second-order valence-electron chi connectivity index (χ2n) is 6.84. The van der Waals surface area contributed by atoms with Gasteiger partial charge >= 0.3 is 0 Å². The van der Waals surface area contributed by atoms with Crippen LogP contribution in [0.4, 0.5) is 5.69 Å². The topological polar surface area (TPSA) is 56.2 Å². The maximum absolute atomic E-state index is 12.9. The molecular formula is C19H23N3O2. The van der Waals surface area contributed by atoms with Crippen molar-refractivity contribution in [1.82, 2.24) is 9.78 Å². The van der Waals surface area contributed by atoms with Gasteiger partial charge in [0.25, 0.3) is 0 Å². The molecule has 0 spiro atoms. The summed E-state index contributed by atoms with van der Waals surface area (Å²) in [5.41, 5.74) is 1.50. The van der Waals surface area contributed by atoms with Crippen molar-refractivity contribution >= 4 is 11.6 Å². The zero-order valence-electron chi connectivity index (χ0n) is 13.8. The predicted molar refractivity (Wildman–Crippen MR) is 91.8 cm³/mol. The smallest absolute Gasteiger partial charge is 0.235 e. The minimum atomic E-state index is -0.377. The molecule has 1 unspecified atom stereocenters. The number of carbonyl (C=O) groups is 1. The van der Waals surface area contributed by atoms with Gasteiger partial charge in [-0.15, -0.1) is 0 Å². The lowest BCUT2D eigenvalue weighted by Crippen LogP contribution is -2.45. The van der Waals surface area contributed by atoms with E-state index in [9.17, 15) is 4.79 Å². The van der Waals surface area contributed by atoms with E-state index in [1.54, 1.807) is 6.20 Å². The largest absolute Gasteiger partial charge is 0.376 e. The first kappa shape index (κ1) is 15.4. The van der Waals surface area contributed by atoms with E-state index in [-0.39, 0.29) is 17.4 Å². The van der Waals surface area contributed by atoms with Crippen molar-refractivity contribution in [2.24, 2.45) is 0 Å². The molecule has 1 amide bonds. The van der Waals surface area contributed by atoms with Crippen molar-refractivity contribution in [2.75, 3.05) is 11.9 Å². The van der Waals surface area contributed by atoms with Crippen LogP contribution in [-0.2, 0) is 21.5 Å². The van der Waals surface area contributed by atoms with Crippen LogP contribution in [0.2, 0.25) is 0 Å². The third-order valence-corrected chi connectivity index (χ3v) is 5.27. The van der Waals surface area contributed by atoms with Crippen LogP contribution in [0.1, 0.15) is 37.7 Å². The van der Waals surface area contributed by atoms with E-state index in [1.165, 1.54) is 0 Å². The minimum absolute atomic E-state index is 0.0802. The molecule has 24 heavy (non-hydrogen) atoms. The Hall–Kier alpha value is -2.14. The van der Waals surface area contributed by atoms with Gasteiger partial charge in [0.05, 0.1) is 29.9 Å². The fourth-order valence-corrected chi connectivity index (χ4v) is 3.71. The first-order chi connectivity index (χ1) is 11.8. The molecular weight excluding hydrogens is 302 g/mol. The number of hydrogen-bond donors (Lipinski definition) is 1. The molecule has 1 aromatic carbocycles. The van der Waals surface area contributed by atoms with Gasteiger partial charge < -0.3 is 10.1 Å². The number of hydrogen-bond acceptors (Lipinski definition) is 3. The molecule has 1 saturated carbocycles. The van der Waals surface area contributed by atoms with E-state index >= 15 is 0 Å². The van der Waals surface area contributed by atoms with Gasteiger partial charge in [-0.05, 0) is 31.2 Å². The van der Waals surface area contributed by atoms with Crippen LogP contribution in [0.15, 0.2) is 42.7 Å². The van der Waals surface area contributed by atoms with Crippen LogP contribution in [0.5, 0.6) is 0 Å². The van der Waals surface area contributed by atoms with E-state index in [4.69, 9.17) is 4.74 Å². The summed E-state index contributed by atoms with van der Waals surface area (Å²) in [6, 6.07) is 10.1. The van der Waals surface area contributed by atoms with Crippen LogP contribution in [0.3, 0.4) is 0 Å². The van der Waals surface area contributed by atoms with E-state index in [0.717, 1.165) is 56.5 Å². The highest BCUT2D eigenvalue weighted by atomic mass is 16.5. The van der Waals surface area contributed by atoms with Gasteiger partial charge in [-0.25, -0.2) is 0 Å². The molecule has 0 bridgehead atoms. The summed E-state index contributed by atoms with van der Waals surface area (Å²) >= 11 is 0. The molecule has 5 nitrogen and oxygen atoms in total. The molecule has 2 fully saturated rings. The lowest BCUT2D eigenvalue weighted by atomic mass is 9.64. The summed E-state index contributed by atoms with van der Waals surface area (Å²) in [5, 5.41) is 7.42. The quantitative estimate of drug-likeness (QED) is 0.919. The predicted octanol–water partition coefficient (Wildman–Crippen LogP) is 3.12.